The predicted octanol–water partition coefficient (Wildman–Crippen LogP) is 3.12. The normalized spacial score (nSPS) is 17.0. The Kier molecular flexibility index (Phi) is 5.90. The van der Waals surface area contributed by atoms with E-state index in [4.69, 9.17) is 14.2 Å². The molecule has 2 aliphatic rings. The maximum atomic E-state index is 13.2. The number of nitrogens with zero attached hydrogens (tertiary/aromatic N) is 2. The van der Waals surface area contributed by atoms with Crippen molar-refractivity contribution in [3.8, 4) is 17.2 Å². The average Bonchev–Trinajstić information content (AvgIpc) is 2.99. The predicted molar refractivity (Wildman–Crippen MR) is 111 cm³/mol. The van der Waals surface area contributed by atoms with Gasteiger partial charge in [0.25, 0.3) is 5.91 Å². The number of hydrogen-bond acceptors (Lipinski definition) is 5. The third-order valence-electron chi connectivity index (χ3n) is 5.61. The minimum Gasteiger partial charge on any atom is -0.493 e. The van der Waals surface area contributed by atoms with Crippen LogP contribution in [-0.4, -0.2) is 62.2 Å². The lowest BCUT2D eigenvalue weighted by Gasteiger charge is -2.24. The Morgan fingerprint density at radius 1 is 1.07 bits per heavy atom. The summed E-state index contributed by atoms with van der Waals surface area (Å²) in [6.45, 7) is 7.35. The van der Waals surface area contributed by atoms with Crippen molar-refractivity contribution in [1.82, 2.24) is 9.80 Å². The molecule has 4 rings (SSSR count). The second kappa shape index (κ2) is 8.74. The molecule has 0 spiro atoms. The number of carbonyl (C=O) groups is 1. The van der Waals surface area contributed by atoms with Gasteiger partial charge in [0.05, 0.1) is 7.11 Å². The minimum absolute atomic E-state index is 0.0121. The van der Waals surface area contributed by atoms with Gasteiger partial charge in [-0.1, -0.05) is 24.3 Å². The van der Waals surface area contributed by atoms with Gasteiger partial charge in [-0.3, -0.25) is 9.69 Å². The van der Waals surface area contributed by atoms with Crippen LogP contribution in [0.4, 0.5) is 0 Å². The van der Waals surface area contributed by atoms with Gasteiger partial charge in [0.1, 0.15) is 13.2 Å². The van der Waals surface area contributed by atoms with Crippen LogP contribution in [0.5, 0.6) is 17.2 Å². The van der Waals surface area contributed by atoms with Crippen molar-refractivity contribution in [2.75, 3.05) is 46.5 Å². The zero-order chi connectivity index (χ0) is 20.2. The van der Waals surface area contributed by atoms with Crippen molar-refractivity contribution >= 4 is 5.91 Å². The van der Waals surface area contributed by atoms with E-state index < -0.39 is 0 Å². The Morgan fingerprint density at radius 2 is 1.90 bits per heavy atom. The van der Waals surface area contributed by atoms with Crippen LogP contribution in [0.2, 0.25) is 0 Å². The van der Waals surface area contributed by atoms with E-state index in [1.165, 1.54) is 11.1 Å². The van der Waals surface area contributed by atoms with E-state index in [-0.39, 0.29) is 5.91 Å². The maximum Gasteiger partial charge on any atom is 0.254 e. The number of methoxy groups -OCH3 is 1. The lowest BCUT2D eigenvalue weighted by molar-refractivity contribution is 0.0759. The number of aryl methyl sites for hydroxylation is 1. The van der Waals surface area contributed by atoms with Crippen LogP contribution in [0, 0.1) is 6.92 Å². The van der Waals surface area contributed by atoms with Crippen LogP contribution >= 0.6 is 0 Å². The number of ether oxygens (including phenoxy) is 3. The zero-order valence-electron chi connectivity index (χ0n) is 17.1. The van der Waals surface area contributed by atoms with E-state index in [0.717, 1.165) is 32.6 Å². The summed E-state index contributed by atoms with van der Waals surface area (Å²) < 4.78 is 16.7. The van der Waals surface area contributed by atoms with Crippen molar-refractivity contribution in [3.05, 3.63) is 53.1 Å². The summed E-state index contributed by atoms with van der Waals surface area (Å²) in [4.78, 5) is 17.5. The van der Waals surface area contributed by atoms with E-state index in [1.807, 2.05) is 4.90 Å². The second-order valence-electron chi connectivity index (χ2n) is 7.55. The van der Waals surface area contributed by atoms with E-state index in [1.54, 1.807) is 19.2 Å². The van der Waals surface area contributed by atoms with Crippen LogP contribution in [0.1, 0.15) is 27.9 Å². The summed E-state index contributed by atoms with van der Waals surface area (Å²) in [6.07, 6.45) is 0.958. The van der Waals surface area contributed by atoms with Gasteiger partial charge in [0, 0.05) is 38.3 Å². The smallest absolute Gasteiger partial charge is 0.254 e. The number of rotatable bonds is 4. The van der Waals surface area contributed by atoms with Gasteiger partial charge in [-0.25, -0.2) is 0 Å². The van der Waals surface area contributed by atoms with E-state index >= 15 is 0 Å². The Hall–Kier alpha value is -2.73. The van der Waals surface area contributed by atoms with Crippen LogP contribution in [-0.2, 0) is 6.54 Å². The highest BCUT2D eigenvalue weighted by atomic mass is 16.6. The molecule has 29 heavy (non-hydrogen) atoms. The van der Waals surface area contributed by atoms with E-state index in [9.17, 15) is 4.79 Å². The highest BCUT2D eigenvalue weighted by molar-refractivity contribution is 5.95. The minimum atomic E-state index is 0.0121. The third kappa shape index (κ3) is 4.32. The summed E-state index contributed by atoms with van der Waals surface area (Å²) in [5, 5.41) is 0. The average molecular weight is 396 g/mol. The Morgan fingerprint density at radius 3 is 2.72 bits per heavy atom. The quantitative estimate of drug-likeness (QED) is 0.795. The molecule has 6 nitrogen and oxygen atoms in total. The summed E-state index contributed by atoms with van der Waals surface area (Å²) >= 11 is 0. The fraction of sp³-hybridized carbons (Fsp3) is 0.435. The SMILES string of the molecule is COc1cc(C(=O)N2CCCN(Cc3ccccc3C)CC2)cc2c1OCCO2. The summed E-state index contributed by atoms with van der Waals surface area (Å²) in [5.74, 6) is 1.71. The van der Waals surface area contributed by atoms with Gasteiger partial charge in [-0.15, -0.1) is 0 Å². The highest BCUT2D eigenvalue weighted by Gasteiger charge is 2.25. The molecule has 1 fully saturated rings. The van der Waals surface area contributed by atoms with Crippen LogP contribution in [0.3, 0.4) is 0 Å². The molecule has 0 unspecified atom stereocenters. The van der Waals surface area contributed by atoms with Crippen molar-refractivity contribution in [2.45, 2.75) is 19.9 Å². The van der Waals surface area contributed by atoms with Crippen molar-refractivity contribution in [2.24, 2.45) is 0 Å². The molecule has 1 saturated heterocycles. The first-order valence-corrected chi connectivity index (χ1v) is 10.2. The summed E-state index contributed by atoms with van der Waals surface area (Å²) in [7, 11) is 1.58. The molecule has 2 aliphatic heterocycles. The summed E-state index contributed by atoms with van der Waals surface area (Å²) in [6, 6.07) is 12.0. The fourth-order valence-electron chi connectivity index (χ4n) is 3.94. The van der Waals surface area contributed by atoms with Gasteiger partial charge in [0.15, 0.2) is 11.5 Å². The first-order valence-electron chi connectivity index (χ1n) is 10.2. The van der Waals surface area contributed by atoms with Crippen LogP contribution in [0.25, 0.3) is 0 Å². The molecule has 0 aromatic heterocycles. The standard InChI is InChI=1S/C23H28N2O4/c1-17-6-3-4-7-18(17)16-24-8-5-9-25(11-10-24)23(26)19-14-20(27-2)22-21(15-19)28-12-13-29-22/h3-4,6-7,14-15H,5,8-13,16H2,1-2H3. The number of benzene rings is 2. The van der Waals surface area contributed by atoms with Crippen LogP contribution in [0.15, 0.2) is 36.4 Å². The molecule has 0 radical (unpaired) electrons. The lowest BCUT2D eigenvalue weighted by Crippen LogP contribution is -2.35. The lowest BCUT2D eigenvalue weighted by atomic mass is 10.1. The molecule has 2 aromatic carbocycles. The first kappa shape index (κ1) is 19.6. The third-order valence-corrected chi connectivity index (χ3v) is 5.61. The molecule has 2 heterocycles. The zero-order valence-corrected chi connectivity index (χ0v) is 17.1. The number of carbonyl (C=O) groups excluding carboxylic acids is 1. The van der Waals surface area contributed by atoms with Gasteiger partial charge in [-0.05, 0) is 36.6 Å². The highest BCUT2D eigenvalue weighted by Crippen LogP contribution is 2.40. The van der Waals surface area contributed by atoms with Crippen molar-refractivity contribution in [1.29, 1.82) is 0 Å². The maximum absolute atomic E-state index is 13.2. The largest absolute Gasteiger partial charge is 0.493 e. The Bertz CT molecular complexity index is 866. The molecule has 154 valence electrons. The monoisotopic (exact) mass is 396 g/mol. The Labute approximate surface area is 172 Å². The van der Waals surface area contributed by atoms with Crippen molar-refractivity contribution in [3.63, 3.8) is 0 Å². The molecule has 0 N–H and O–H groups in total. The molecule has 1 amide bonds. The fourth-order valence-corrected chi connectivity index (χ4v) is 3.94. The molecule has 2 aromatic rings. The van der Waals surface area contributed by atoms with E-state index in [2.05, 4.69) is 36.1 Å². The number of amides is 1. The van der Waals surface area contributed by atoms with E-state index in [0.29, 0.717) is 42.6 Å². The molecule has 0 saturated carbocycles. The first-order chi connectivity index (χ1) is 14.2. The molecule has 0 aliphatic carbocycles. The van der Waals surface area contributed by atoms with Gasteiger partial charge in [0.2, 0.25) is 5.75 Å². The number of fused-ring (bicyclic) bond motifs is 1. The molecule has 0 bridgehead atoms. The molecular formula is C23H28N2O4. The molecule has 6 heteroatoms. The topological polar surface area (TPSA) is 51.2 Å². The molecular weight excluding hydrogens is 368 g/mol. The van der Waals surface area contributed by atoms with Gasteiger partial charge in [-0.2, -0.15) is 0 Å². The van der Waals surface area contributed by atoms with Crippen LogP contribution < -0.4 is 14.2 Å². The summed E-state index contributed by atoms with van der Waals surface area (Å²) in [5.41, 5.74) is 3.25. The second-order valence-corrected chi connectivity index (χ2v) is 7.55. The Balaban J connectivity index is 1.45. The van der Waals surface area contributed by atoms with Gasteiger partial charge >= 0.3 is 0 Å². The van der Waals surface area contributed by atoms with Gasteiger partial charge < -0.3 is 19.1 Å². The number of hydrogen-bond donors (Lipinski definition) is 0. The molecule has 0 atom stereocenters. The van der Waals surface area contributed by atoms with Crippen molar-refractivity contribution < 1.29 is 19.0 Å².